The van der Waals surface area contributed by atoms with Crippen LogP contribution in [0.3, 0.4) is 0 Å². The molecular weight excluding hydrogens is 359 g/mol. The van der Waals surface area contributed by atoms with Crippen LogP contribution >= 0.6 is 0 Å². The third-order valence-electron chi connectivity index (χ3n) is 4.57. The lowest BCUT2D eigenvalue weighted by Crippen LogP contribution is -2.41. The standard InChI is InChI=1S/C19H22F3N3O2/c1-3-18(4-2,12-23)17(26)24-13-8-10-14(11-9-13)27-16-7-5-6-15(25-16)19(20,21)22/h5-11H,3-4,12,23H2,1-2H3,(H,24,26). The second-order valence-corrected chi connectivity index (χ2v) is 6.13. The quantitative estimate of drug-likeness (QED) is 0.735. The maximum Gasteiger partial charge on any atom is 0.433 e. The molecule has 0 aliphatic carbocycles. The van der Waals surface area contributed by atoms with E-state index >= 15 is 0 Å². The van der Waals surface area contributed by atoms with Crippen molar-refractivity contribution >= 4 is 11.6 Å². The van der Waals surface area contributed by atoms with Crippen molar-refractivity contribution in [3.05, 3.63) is 48.2 Å². The van der Waals surface area contributed by atoms with E-state index in [1.54, 1.807) is 24.3 Å². The van der Waals surface area contributed by atoms with E-state index in [1.807, 2.05) is 13.8 Å². The third-order valence-corrected chi connectivity index (χ3v) is 4.57. The van der Waals surface area contributed by atoms with Crippen LogP contribution in [0, 0.1) is 5.41 Å². The molecule has 0 radical (unpaired) electrons. The highest BCUT2D eigenvalue weighted by Gasteiger charge is 2.33. The number of nitrogens with two attached hydrogens (primary N) is 1. The number of hydrogen-bond donors (Lipinski definition) is 2. The van der Waals surface area contributed by atoms with Crippen molar-refractivity contribution in [2.75, 3.05) is 11.9 Å². The number of ether oxygens (including phenoxy) is 1. The second kappa shape index (κ2) is 8.39. The van der Waals surface area contributed by atoms with Crippen LogP contribution in [0.25, 0.3) is 0 Å². The largest absolute Gasteiger partial charge is 0.439 e. The molecule has 146 valence electrons. The van der Waals surface area contributed by atoms with E-state index < -0.39 is 17.3 Å². The Hall–Kier alpha value is -2.61. The Morgan fingerprint density at radius 2 is 1.74 bits per heavy atom. The molecule has 1 amide bonds. The first-order valence-corrected chi connectivity index (χ1v) is 8.58. The summed E-state index contributed by atoms with van der Waals surface area (Å²) in [7, 11) is 0. The zero-order valence-corrected chi connectivity index (χ0v) is 15.1. The summed E-state index contributed by atoms with van der Waals surface area (Å²) in [4.78, 5) is 15.9. The Morgan fingerprint density at radius 3 is 2.26 bits per heavy atom. The summed E-state index contributed by atoms with van der Waals surface area (Å²) in [6.07, 6.45) is -3.30. The van der Waals surface area contributed by atoms with E-state index in [4.69, 9.17) is 10.5 Å². The summed E-state index contributed by atoms with van der Waals surface area (Å²) in [5, 5.41) is 2.82. The first-order valence-electron chi connectivity index (χ1n) is 8.58. The van der Waals surface area contributed by atoms with E-state index in [-0.39, 0.29) is 18.3 Å². The maximum absolute atomic E-state index is 12.7. The molecule has 2 aromatic rings. The van der Waals surface area contributed by atoms with Gasteiger partial charge >= 0.3 is 6.18 Å². The average Bonchev–Trinajstić information content (AvgIpc) is 2.65. The number of alkyl halides is 3. The molecule has 2 rings (SSSR count). The van der Waals surface area contributed by atoms with E-state index in [1.165, 1.54) is 12.1 Å². The molecule has 0 atom stereocenters. The summed E-state index contributed by atoms with van der Waals surface area (Å²) in [6.45, 7) is 4.07. The number of pyridine rings is 1. The van der Waals surface area contributed by atoms with Crippen molar-refractivity contribution in [3.8, 4) is 11.6 Å². The highest BCUT2D eigenvalue weighted by atomic mass is 19.4. The van der Waals surface area contributed by atoms with E-state index in [0.29, 0.717) is 24.3 Å². The van der Waals surface area contributed by atoms with Crippen LogP contribution < -0.4 is 15.8 Å². The van der Waals surface area contributed by atoms with Crippen LogP contribution in [0.2, 0.25) is 0 Å². The molecule has 3 N–H and O–H groups in total. The third kappa shape index (κ3) is 4.97. The van der Waals surface area contributed by atoms with Gasteiger partial charge in [-0.25, -0.2) is 4.98 Å². The fourth-order valence-electron chi connectivity index (χ4n) is 2.57. The number of benzene rings is 1. The molecule has 0 spiro atoms. The van der Waals surface area contributed by atoms with Gasteiger partial charge in [-0.1, -0.05) is 19.9 Å². The number of hydrogen-bond acceptors (Lipinski definition) is 4. The van der Waals surface area contributed by atoms with Crippen LogP contribution in [0.4, 0.5) is 18.9 Å². The molecule has 8 heteroatoms. The number of anilines is 1. The van der Waals surface area contributed by atoms with Crippen molar-refractivity contribution in [2.24, 2.45) is 11.1 Å². The number of nitrogens with one attached hydrogen (secondary N) is 1. The minimum absolute atomic E-state index is 0.164. The maximum atomic E-state index is 12.7. The Labute approximate surface area is 155 Å². The molecule has 0 bridgehead atoms. The van der Waals surface area contributed by atoms with E-state index in [2.05, 4.69) is 10.3 Å². The molecule has 1 aromatic heterocycles. The Morgan fingerprint density at radius 1 is 1.11 bits per heavy atom. The number of nitrogens with zero attached hydrogens (tertiary/aromatic N) is 1. The van der Waals surface area contributed by atoms with Crippen molar-refractivity contribution in [3.63, 3.8) is 0 Å². The normalized spacial score (nSPS) is 11.9. The summed E-state index contributed by atoms with van der Waals surface area (Å²) in [5.74, 6) is -0.0279. The number of carbonyl (C=O) groups is 1. The van der Waals surface area contributed by atoms with E-state index in [9.17, 15) is 18.0 Å². The van der Waals surface area contributed by atoms with Gasteiger partial charge in [-0.2, -0.15) is 13.2 Å². The van der Waals surface area contributed by atoms with Gasteiger partial charge in [0.15, 0.2) is 0 Å². The monoisotopic (exact) mass is 381 g/mol. The lowest BCUT2D eigenvalue weighted by Gasteiger charge is -2.28. The number of amides is 1. The van der Waals surface area contributed by atoms with Gasteiger partial charge in [0.25, 0.3) is 0 Å². The molecule has 27 heavy (non-hydrogen) atoms. The number of rotatable bonds is 7. The van der Waals surface area contributed by atoms with Crippen LogP contribution in [-0.2, 0) is 11.0 Å². The topological polar surface area (TPSA) is 77.2 Å². The predicted octanol–water partition coefficient (Wildman–Crippen LogP) is 4.60. The zero-order valence-electron chi connectivity index (χ0n) is 15.1. The van der Waals surface area contributed by atoms with Gasteiger partial charge in [0.2, 0.25) is 11.8 Å². The Balaban J connectivity index is 2.09. The first kappa shape index (κ1) is 20.7. The number of aromatic nitrogens is 1. The molecule has 5 nitrogen and oxygen atoms in total. The summed E-state index contributed by atoms with van der Waals surface area (Å²) < 4.78 is 43.5. The van der Waals surface area contributed by atoms with Crippen LogP contribution in [-0.4, -0.2) is 17.4 Å². The van der Waals surface area contributed by atoms with Crippen molar-refractivity contribution in [2.45, 2.75) is 32.9 Å². The van der Waals surface area contributed by atoms with Crippen LogP contribution in [0.15, 0.2) is 42.5 Å². The minimum atomic E-state index is -4.54. The minimum Gasteiger partial charge on any atom is -0.439 e. The number of carbonyl (C=O) groups excluding carboxylic acids is 1. The Bertz CT molecular complexity index is 764. The molecule has 0 aliphatic rings. The lowest BCUT2D eigenvalue weighted by atomic mass is 9.81. The van der Waals surface area contributed by atoms with Gasteiger partial charge in [-0.05, 0) is 43.2 Å². The predicted molar refractivity (Wildman–Crippen MR) is 96.5 cm³/mol. The highest BCUT2D eigenvalue weighted by Crippen LogP contribution is 2.30. The highest BCUT2D eigenvalue weighted by molar-refractivity contribution is 5.95. The lowest BCUT2D eigenvalue weighted by molar-refractivity contribution is -0.141. The zero-order chi connectivity index (χ0) is 20.1. The fourth-order valence-corrected chi connectivity index (χ4v) is 2.57. The molecule has 0 fully saturated rings. The number of halogens is 3. The molecule has 0 unspecified atom stereocenters. The molecule has 0 saturated heterocycles. The average molecular weight is 381 g/mol. The van der Waals surface area contributed by atoms with Crippen molar-refractivity contribution < 1.29 is 22.7 Å². The van der Waals surface area contributed by atoms with Crippen molar-refractivity contribution in [1.29, 1.82) is 0 Å². The van der Waals surface area contributed by atoms with Gasteiger partial charge in [-0.15, -0.1) is 0 Å². The molecule has 0 aliphatic heterocycles. The van der Waals surface area contributed by atoms with Crippen LogP contribution in [0.5, 0.6) is 11.6 Å². The smallest absolute Gasteiger partial charge is 0.433 e. The summed E-state index contributed by atoms with van der Waals surface area (Å²) >= 11 is 0. The van der Waals surface area contributed by atoms with Gasteiger partial charge < -0.3 is 15.8 Å². The van der Waals surface area contributed by atoms with Gasteiger partial charge in [0.05, 0.1) is 5.41 Å². The van der Waals surface area contributed by atoms with Crippen molar-refractivity contribution in [1.82, 2.24) is 4.98 Å². The molecular formula is C19H22F3N3O2. The van der Waals surface area contributed by atoms with Crippen LogP contribution in [0.1, 0.15) is 32.4 Å². The molecule has 1 aromatic carbocycles. The first-order chi connectivity index (χ1) is 12.7. The SMILES string of the molecule is CCC(CC)(CN)C(=O)Nc1ccc(Oc2cccc(C(F)(F)F)n2)cc1. The Kier molecular flexibility index (Phi) is 6.43. The van der Waals surface area contributed by atoms with E-state index in [0.717, 1.165) is 6.07 Å². The second-order valence-electron chi connectivity index (χ2n) is 6.13. The summed E-state index contributed by atoms with van der Waals surface area (Å²) in [5.41, 5.74) is 4.66. The summed E-state index contributed by atoms with van der Waals surface area (Å²) in [6, 6.07) is 9.72. The van der Waals surface area contributed by atoms with Gasteiger partial charge in [0, 0.05) is 18.3 Å². The molecule has 1 heterocycles. The van der Waals surface area contributed by atoms with Gasteiger partial charge in [-0.3, -0.25) is 4.79 Å². The fraction of sp³-hybridized carbons (Fsp3) is 0.368. The van der Waals surface area contributed by atoms with Gasteiger partial charge in [0.1, 0.15) is 11.4 Å². The molecule has 0 saturated carbocycles.